The molecule has 1 fully saturated rings. The molecule has 0 radical (unpaired) electrons. The van der Waals surface area contributed by atoms with Crippen LogP contribution in [0, 0.1) is 5.92 Å². The summed E-state index contributed by atoms with van der Waals surface area (Å²) < 4.78 is 25.8. The Bertz CT molecular complexity index is 604. The second-order valence-corrected chi connectivity index (χ2v) is 7.76. The Labute approximate surface area is 131 Å². The van der Waals surface area contributed by atoms with E-state index in [0.29, 0.717) is 5.92 Å². The van der Waals surface area contributed by atoms with E-state index >= 15 is 0 Å². The van der Waals surface area contributed by atoms with Gasteiger partial charge >= 0.3 is 0 Å². The van der Waals surface area contributed by atoms with E-state index in [0.717, 1.165) is 23.8 Å². The van der Waals surface area contributed by atoms with Crippen LogP contribution in [0.3, 0.4) is 0 Å². The molecule has 2 rings (SSSR count). The first-order valence-corrected chi connectivity index (χ1v) is 8.86. The van der Waals surface area contributed by atoms with Crippen molar-refractivity contribution < 1.29 is 13.2 Å². The molecule has 1 saturated heterocycles. The lowest BCUT2D eigenvalue weighted by molar-refractivity contribution is -0.122. The highest BCUT2D eigenvalue weighted by Gasteiger charge is 2.26. The molecule has 1 aliphatic heterocycles. The number of hydrogen-bond donors (Lipinski definition) is 2. The van der Waals surface area contributed by atoms with Crippen LogP contribution in [0.15, 0.2) is 35.2 Å². The van der Waals surface area contributed by atoms with Gasteiger partial charge in [0.15, 0.2) is 0 Å². The molecule has 6 nitrogen and oxygen atoms in total. The van der Waals surface area contributed by atoms with Crippen molar-refractivity contribution in [3.05, 3.63) is 30.3 Å². The van der Waals surface area contributed by atoms with Crippen molar-refractivity contribution >= 4 is 15.9 Å². The maximum atomic E-state index is 12.4. The average molecular weight is 325 g/mol. The zero-order chi connectivity index (χ0) is 16.2. The first kappa shape index (κ1) is 16.9. The quantitative estimate of drug-likeness (QED) is 0.822. The van der Waals surface area contributed by atoms with Gasteiger partial charge in [0, 0.05) is 13.1 Å². The van der Waals surface area contributed by atoms with E-state index < -0.39 is 10.0 Å². The maximum Gasteiger partial charge on any atom is 0.243 e. The molecular weight excluding hydrogens is 302 g/mol. The van der Waals surface area contributed by atoms with Crippen LogP contribution in [-0.2, 0) is 14.8 Å². The summed E-state index contributed by atoms with van der Waals surface area (Å²) in [5.41, 5.74) is 0. The Kier molecular flexibility index (Phi) is 5.55. The Morgan fingerprint density at radius 2 is 2.05 bits per heavy atom. The van der Waals surface area contributed by atoms with Crippen LogP contribution in [0.1, 0.15) is 13.3 Å². The van der Waals surface area contributed by atoms with Gasteiger partial charge < -0.3 is 10.6 Å². The zero-order valence-electron chi connectivity index (χ0n) is 13.0. The van der Waals surface area contributed by atoms with Gasteiger partial charge in [0.05, 0.1) is 11.4 Å². The predicted molar refractivity (Wildman–Crippen MR) is 84.8 cm³/mol. The molecule has 1 heterocycles. The van der Waals surface area contributed by atoms with Crippen LogP contribution in [0.25, 0.3) is 0 Å². The Morgan fingerprint density at radius 3 is 2.68 bits per heavy atom. The third-order valence-electron chi connectivity index (χ3n) is 3.95. The van der Waals surface area contributed by atoms with E-state index in [9.17, 15) is 13.2 Å². The number of hydrogen-bond acceptors (Lipinski definition) is 4. The molecule has 122 valence electrons. The molecule has 0 saturated carbocycles. The van der Waals surface area contributed by atoms with E-state index in [-0.39, 0.29) is 23.4 Å². The zero-order valence-corrected chi connectivity index (χ0v) is 13.8. The number of benzene rings is 1. The highest BCUT2D eigenvalue weighted by molar-refractivity contribution is 7.89. The third kappa shape index (κ3) is 4.06. The van der Waals surface area contributed by atoms with E-state index in [2.05, 4.69) is 17.6 Å². The van der Waals surface area contributed by atoms with E-state index in [1.165, 1.54) is 19.2 Å². The van der Waals surface area contributed by atoms with Gasteiger partial charge in [0.2, 0.25) is 15.9 Å². The molecule has 7 heteroatoms. The topological polar surface area (TPSA) is 78.5 Å². The van der Waals surface area contributed by atoms with Gasteiger partial charge in [-0.3, -0.25) is 4.79 Å². The lowest BCUT2D eigenvalue weighted by atomic mass is 9.95. The second kappa shape index (κ2) is 7.21. The third-order valence-corrected chi connectivity index (χ3v) is 5.77. The van der Waals surface area contributed by atoms with Crippen LogP contribution in [0.2, 0.25) is 0 Å². The van der Waals surface area contributed by atoms with Crippen molar-refractivity contribution in [3.63, 3.8) is 0 Å². The fourth-order valence-corrected chi connectivity index (χ4v) is 3.69. The SMILES string of the molecule is CC1CNCCC1NC(=O)CN(C)S(=O)(=O)c1ccccc1. The Morgan fingerprint density at radius 1 is 1.36 bits per heavy atom. The minimum atomic E-state index is -3.63. The fourth-order valence-electron chi connectivity index (χ4n) is 2.54. The van der Waals surface area contributed by atoms with Crippen molar-refractivity contribution in [1.82, 2.24) is 14.9 Å². The molecule has 22 heavy (non-hydrogen) atoms. The number of amides is 1. The molecule has 1 amide bonds. The van der Waals surface area contributed by atoms with Crippen LogP contribution >= 0.6 is 0 Å². The van der Waals surface area contributed by atoms with Crippen molar-refractivity contribution in [3.8, 4) is 0 Å². The van der Waals surface area contributed by atoms with Gasteiger partial charge in [-0.2, -0.15) is 4.31 Å². The predicted octanol–water partition coefficient (Wildman–Crippen LogP) is 0.421. The number of nitrogens with zero attached hydrogens (tertiary/aromatic N) is 1. The van der Waals surface area contributed by atoms with E-state index in [4.69, 9.17) is 0 Å². The largest absolute Gasteiger partial charge is 0.352 e. The fraction of sp³-hybridized carbons (Fsp3) is 0.533. The highest BCUT2D eigenvalue weighted by Crippen LogP contribution is 2.14. The standard InChI is InChI=1S/C15H23N3O3S/c1-12-10-16-9-8-14(12)17-15(19)11-18(2)22(20,21)13-6-4-3-5-7-13/h3-7,12,14,16H,8-11H2,1-2H3,(H,17,19). The monoisotopic (exact) mass is 325 g/mol. The molecule has 2 atom stereocenters. The number of sulfonamides is 1. The highest BCUT2D eigenvalue weighted by atomic mass is 32.2. The summed E-state index contributed by atoms with van der Waals surface area (Å²) >= 11 is 0. The molecule has 0 bridgehead atoms. The number of carbonyl (C=O) groups excluding carboxylic acids is 1. The first-order valence-electron chi connectivity index (χ1n) is 7.42. The summed E-state index contributed by atoms with van der Waals surface area (Å²) in [7, 11) is -2.20. The number of rotatable bonds is 5. The second-order valence-electron chi connectivity index (χ2n) is 5.72. The lowest BCUT2D eigenvalue weighted by Gasteiger charge is -2.30. The number of carbonyl (C=O) groups is 1. The summed E-state index contributed by atoms with van der Waals surface area (Å²) in [6.07, 6.45) is 0.863. The molecule has 2 unspecified atom stereocenters. The molecule has 1 aliphatic rings. The summed E-state index contributed by atoms with van der Waals surface area (Å²) in [5.74, 6) is 0.0782. The maximum absolute atomic E-state index is 12.4. The molecular formula is C15H23N3O3S. The molecule has 1 aromatic carbocycles. The van der Waals surface area contributed by atoms with Gasteiger partial charge in [-0.1, -0.05) is 25.1 Å². The number of nitrogens with one attached hydrogen (secondary N) is 2. The van der Waals surface area contributed by atoms with Crippen LogP contribution in [0.5, 0.6) is 0 Å². The number of piperidine rings is 1. The van der Waals surface area contributed by atoms with Crippen molar-refractivity contribution in [2.45, 2.75) is 24.3 Å². The van der Waals surface area contributed by atoms with E-state index in [1.54, 1.807) is 18.2 Å². The minimum absolute atomic E-state index is 0.0987. The number of likely N-dealkylation sites (N-methyl/N-ethyl adjacent to an activating group) is 1. The van der Waals surface area contributed by atoms with Gasteiger partial charge in [0.1, 0.15) is 0 Å². The summed E-state index contributed by atoms with van der Waals surface area (Å²) in [4.78, 5) is 12.3. The van der Waals surface area contributed by atoms with Crippen molar-refractivity contribution in [2.75, 3.05) is 26.7 Å². The first-order chi connectivity index (χ1) is 10.4. The van der Waals surface area contributed by atoms with Crippen LogP contribution < -0.4 is 10.6 Å². The van der Waals surface area contributed by atoms with Crippen LogP contribution in [0.4, 0.5) is 0 Å². The Balaban J connectivity index is 1.96. The molecule has 0 spiro atoms. The summed E-state index contributed by atoms with van der Waals surface area (Å²) in [6, 6.07) is 8.23. The molecule has 2 N–H and O–H groups in total. The summed E-state index contributed by atoms with van der Waals surface area (Å²) in [5, 5.41) is 6.20. The molecule has 1 aromatic rings. The summed E-state index contributed by atoms with van der Waals surface area (Å²) in [6.45, 7) is 3.63. The van der Waals surface area contributed by atoms with Crippen LogP contribution in [-0.4, -0.2) is 51.4 Å². The van der Waals surface area contributed by atoms with E-state index in [1.807, 2.05) is 0 Å². The van der Waals surface area contributed by atoms with Gasteiger partial charge in [-0.25, -0.2) is 8.42 Å². The van der Waals surface area contributed by atoms with Gasteiger partial charge in [-0.15, -0.1) is 0 Å². The minimum Gasteiger partial charge on any atom is -0.352 e. The normalized spacial score (nSPS) is 22.5. The van der Waals surface area contributed by atoms with Gasteiger partial charge in [-0.05, 0) is 37.6 Å². The molecule has 0 aliphatic carbocycles. The Hall–Kier alpha value is -1.44. The average Bonchev–Trinajstić information content (AvgIpc) is 2.50. The van der Waals surface area contributed by atoms with Crippen molar-refractivity contribution in [1.29, 1.82) is 0 Å². The smallest absolute Gasteiger partial charge is 0.243 e. The van der Waals surface area contributed by atoms with Crippen molar-refractivity contribution in [2.24, 2.45) is 5.92 Å². The lowest BCUT2D eigenvalue weighted by Crippen LogP contribution is -2.50. The van der Waals surface area contributed by atoms with Gasteiger partial charge in [0.25, 0.3) is 0 Å². The molecule has 0 aromatic heterocycles.